The Bertz CT molecular complexity index is 1350. The fraction of sp³-hybridized carbons (Fsp3) is 0.115. The maximum atomic E-state index is 13.0. The van der Waals surface area contributed by atoms with Gasteiger partial charge in [-0.05, 0) is 35.4 Å². The summed E-state index contributed by atoms with van der Waals surface area (Å²) in [6, 6.07) is 22.7. The summed E-state index contributed by atoms with van der Waals surface area (Å²) < 4.78 is 18.8. The Hall–Kier alpha value is -4.26. The van der Waals surface area contributed by atoms with Crippen LogP contribution in [0.25, 0.3) is 11.4 Å². The van der Waals surface area contributed by atoms with Crippen molar-refractivity contribution in [2.75, 3.05) is 5.32 Å². The molecular formula is C26H20FN3O3. The van der Waals surface area contributed by atoms with Crippen molar-refractivity contribution in [1.29, 1.82) is 0 Å². The maximum absolute atomic E-state index is 13.0. The maximum Gasteiger partial charge on any atom is 0.257 e. The molecule has 164 valence electrons. The molecule has 5 rings (SSSR count). The normalized spacial score (nSPS) is 14.9. The lowest BCUT2D eigenvalue weighted by Gasteiger charge is -2.24. The number of ether oxygens (including phenoxy) is 1. The molecule has 0 bridgehead atoms. The number of anilines is 1. The number of nitrogens with zero attached hydrogens (tertiary/aromatic N) is 1. The van der Waals surface area contributed by atoms with Crippen molar-refractivity contribution in [2.45, 2.75) is 18.9 Å². The molecule has 0 radical (unpaired) electrons. The van der Waals surface area contributed by atoms with Crippen molar-refractivity contribution < 1.29 is 13.9 Å². The number of fused-ring (bicyclic) bond motifs is 1. The number of aromatic amines is 1. The average molecular weight is 441 g/mol. The molecule has 0 aliphatic carbocycles. The SMILES string of the molecule is O=C1C[C@@H](c2ccc(OCc3ccc(F)cc3)cc2)c2c(nc(-c3ccccc3)[nH]c2=O)N1. The summed E-state index contributed by atoms with van der Waals surface area (Å²) in [5, 5.41) is 2.74. The Morgan fingerprint density at radius 1 is 0.939 bits per heavy atom. The predicted molar refractivity (Wildman–Crippen MR) is 123 cm³/mol. The number of rotatable bonds is 5. The van der Waals surface area contributed by atoms with Gasteiger partial charge in [-0.15, -0.1) is 0 Å². The fourth-order valence-corrected chi connectivity index (χ4v) is 3.93. The number of hydrogen-bond donors (Lipinski definition) is 2. The van der Waals surface area contributed by atoms with E-state index in [1.165, 1.54) is 12.1 Å². The highest BCUT2D eigenvalue weighted by Gasteiger charge is 2.31. The fourth-order valence-electron chi connectivity index (χ4n) is 3.93. The van der Waals surface area contributed by atoms with Crippen LogP contribution >= 0.6 is 0 Å². The molecule has 33 heavy (non-hydrogen) atoms. The predicted octanol–water partition coefficient (Wildman–Crippen LogP) is 4.63. The van der Waals surface area contributed by atoms with E-state index in [-0.39, 0.29) is 29.5 Å². The lowest BCUT2D eigenvalue weighted by atomic mass is 9.87. The molecule has 2 heterocycles. The van der Waals surface area contributed by atoms with Crippen LogP contribution in [0.1, 0.15) is 29.0 Å². The minimum atomic E-state index is -0.416. The van der Waals surface area contributed by atoms with E-state index < -0.39 is 5.92 Å². The second-order valence-electron chi connectivity index (χ2n) is 7.83. The Morgan fingerprint density at radius 3 is 2.39 bits per heavy atom. The molecule has 1 amide bonds. The van der Waals surface area contributed by atoms with Gasteiger partial charge in [-0.3, -0.25) is 9.59 Å². The van der Waals surface area contributed by atoms with Gasteiger partial charge in [0.1, 0.15) is 29.8 Å². The Labute approximate surface area is 189 Å². The van der Waals surface area contributed by atoms with E-state index in [2.05, 4.69) is 15.3 Å². The average Bonchev–Trinajstić information content (AvgIpc) is 2.84. The van der Waals surface area contributed by atoms with E-state index in [1.807, 2.05) is 42.5 Å². The summed E-state index contributed by atoms with van der Waals surface area (Å²) >= 11 is 0. The van der Waals surface area contributed by atoms with Gasteiger partial charge in [0.25, 0.3) is 5.56 Å². The number of carbonyl (C=O) groups is 1. The zero-order chi connectivity index (χ0) is 22.8. The van der Waals surface area contributed by atoms with Gasteiger partial charge in [0, 0.05) is 17.9 Å². The lowest BCUT2D eigenvalue weighted by Crippen LogP contribution is -2.31. The number of H-pyrrole nitrogens is 1. The molecule has 2 N–H and O–H groups in total. The number of hydrogen-bond acceptors (Lipinski definition) is 4. The monoisotopic (exact) mass is 441 g/mol. The number of carbonyl (C=O) groups excluding carboxylic acids is 1. The highest BCUT2D eigenvalue weighted by molar-refractivity contribution is 5.94. The first-order valence-electron chi connectivity index (χ1n) is 10.5. The van der Waals surface area contributed by atoms with Crippen LogP contribution in [0.15, 0.2) is 83.7 Å². The molecule has 1 aromatic heterocycles. The number of nitrogens with one attached hydrogen (secondary N) is 2. The highest BCUT2D eigenvalue weighted by atomic mass is 19.1. The molecule has 3 aromatic carbocycles. The standard InChI is InChI=1S/C26H20FN3O3/c27-19-10-6-16(7-11-19)15-33-20-12-8-17(9-13-20)21-14-22(31)28-25-23(21)26(32)30-24(29-25)18-4-2-1-3-5-18/h1-13,21H,14-15H2,(H2,28,29,30,31,32)/t21-/m0/s1. The first-order chi connectivity index (χ1) is 16.1. The molecule has 0 saturated heterocycles. The molecular weight excluding hydrogens is 421 g/mol. The zero-order valence-electron chi connectivity index (χ0n) is 17.5. The molecule has 0 spiro atoms. The van der Waals surface area contributed by atoms with E-state index in [9.17, 15) is 14.0 Å². The number of halogens is 1. The smallest absolute Gasteiger partial charge is 0.257 e. The van der Waals surface area contributed by atoms with Crippen LogP contribution < -0.4 is 15.6 Å². The van der Waals surface area contributed by atoms with Gasteiger partial charge in [0.2, 0.25) is 5.91 Å². The van der Waals surface area contributed by atoms with Crippen LogP contribution in [-0.2, 0) is 11.4 Å². The summed E-state index contributed by atoms with van der Waals surface area (Å²) in [5.41, 5.74) is 2.59. The topological polar surface area (TPSA) is 84.1 Å². The zero-order valence-corrected chi connectivity index (χ0v) is 17.5. The van der Waals surface area contributed by atoms with E-state index in [0.717, 1.165) is 16.7 Å². The Kier molecular flexibility index (Phi) is 5.44. The van der Waals surface area contributed by atoms with E-state index in [4.69, 9.17) is 4.74 Å². The van der Waals surface area contributed by atoms with Crippen molar-refractivity contribution in [3.05, 3.63) is 112 Å². The van der Waals surface area contributed by atoms with Crippen molar-refractivity contribution in [1.82, 2.24) is 9.97 Å². The molecule has 0 saturated carbocycles. The number of benzene rings is 3. The van der Waals surface area contributed by atoms with Gasteiger partial charge >= 0.3 is 0 Å². The first-order valence-corrected chi connectivity index (χ1v) is 10.5. The Morgan fingerprint density at radius 2 is 1.67 bits per heavy atom. The van der Waals surface area contributed by atoms with Crippen molar-refractivity contribution in [3.8, 4) is 17.1 Å². The minimum Gasteiger partial charge on any atom is -0.489 e. The highest BCUT2D eigenvalue weighted by Crippen LogP contribution is 2.35. The van der Waals surface area contributed by atoms with E-state index in [1.54, 1.807) is 24.3 Å². The third-order valence-electron chi connectivity index (χ3n) is 5.60. The van der Waals surface area contributed by atoms with Crippen LogP contribution in [-0.4, -0.2) is 15.9 Å². The third kappa shape index (κ3) is 4.39. The van der Waals surface area contributed by atoms with Crippen LogP contribution in [0.5, 0.6) is 5.75 Å². The number of aromatic nitrogens is 2. The molecule has 1 aliphatic heterocycles. The van der Waals surface area contributed by atoms with Gasteiger partial charge in [-0.1, -0.05) is 54.6 Å². The van der Waals surface area contributed by atoms with Gasteiger partial charge in [0.15, 0.2) is 0 Å². The van der Waals surface area contributed by atoms with Gasteiger partial charge in [-0.25, -0.2) is 9.37 Å². The summed E-state index contributed by atoms with van der Waals surface area (Å²) in [6.45, 7) is 0.306. The van der Waals surface area contributed by atoms with Crippen LogP contribution in [0.4, 0.5) is 10.2 Å². The molecule has 6 nitrogen and oxygen atoms in total. The third-order valence-corrected chi connectivity index (χ3v) is 5.60. The van der Waals surface area contributed by atoms with Gasteiger partial charge in [0.05, 0.1) is 5.56 Å². The number of amides is 1. The summed E-state index contributed by atoms with van der Waals surface area (Å²) in [4.78, 5) is 32.8. The molecule has 0 fully saturated rings. The molecule has 7 heteroatoms. The van der Waals surface area contributed by atoms with Gasteiger partial charge in [-0.2, -0.15) is 0 Å². The summed E-state index contributed by atoms with van der Waals surface area (Å²) in [6.07, 6.45) is 0.151. The van der Waals surface area contributed by atoms with Crippen LogP contribution in [0, 0.1) is 5.82 Å². The summed E-state index contributed by atoms with van der Waals surface area (Å²) in [5.74, 6) is 0.429. The van der Waals surface area contributed by atoms with E-state index in [0.29, 0.717) is 23.7 Å². The van der Waals surface area contributed by atoms with Crippen LogP contribution in [0.3, 0.4) is 0 Å². The minimum absolute atomic E-state index is 0.151. The van der Waals surface area contributed by atoms with Crippen molar-refractivity contribution in [3.63, 3.8) is 0 Å². The molecule has 1 aliphatic rings. The quantitative estimate of drug-likeness (QED) is 0.473. The lowest BCUT2D eigenvalue weighted by molar-refractivity contribution is -0.116. The largest absolute Gasteiger partial charge is 0.489 e. The first kappa shape index (κ1) is 20.6. The van der Waals surface area contributed by atoms with Crippen molar-refractivity contribution in [2.24, 2.45) is 0 Å². The van der Waals surface area contributed by atoms with Gasteiger partial charge < -0.3 is 15.0 Å². The summed E-state index contributed by atoms with van der Waals surface area (Å²) in [7, 11) is 0. The second kappa shape index (κ2) is 8.70. The van der Waals surface area contributed by atoms with Crippen molar-refractivity contribution >= 4 is 11.7 Å². The van der Waals surface area contributed by atoms with E-state index >= 15 is 0 Å². The molecule has 0 unspecified atom stereocenters. The Balaban J connectivity index is 1.40. The second-order valence-corrected chi connectivity index (χ2v) is 7.83. The molecule has 1 atom stereocenters. The van der Waals surface area contributed by atoms with Crippen LogP contribution in [0.2, 0.25) is 0 Å². The molecule has 4 aromatic rings.